The predicted octanol–water partition coefficient (Wildman–Crippen LogP) is 2.90. The molecule has 2 aromatic carbocycles. The highest BCUT2D eigenvalue weighted by Gasteiger charge is 2.21. The summed E-state index contributed by atoms with van der Waals surface area (Å²) in [5.74, 6) is -2.18. The molecule has 0 aliphatic heterocycles. The van der Waals surface area contributed by atoms with E-state index in [-0.39, 0.29) is 12.0 Å². The van der Waals surface area contributed by atoms with Gasteiger partial charge in [0.25, 0.3) is 5.91 Å². The van der Waals surface area contributed by atoms with Crippen molar-refractivity contribution in [1.82, 2.24) is 5.32 Å². The summed E-state index contributed by atoms with van der Waals surface area (Å²) in [6.07, 6.45) is 0.124. The van der Waals surface area contributed by atoms with Gasteiger partial charge in [-0.15, -0.1) is 0 Å². The van der Waals surface area contributed by atoms with E-state index in [1.54, 1.807) is 24.3 Å². The standard InChI is InChI=1S/C16H13ClFNO3/c17-12-5-1-10(2-6-12)9-14(16(21)22)19-15(20)11-3-7-13(18)8-4-11/h1-8,14H,9H2,(H,19,20)(H,21,22)/t14-/m1/s1. The van der Waals surface area contributed by atoms with Gasteiger partial charge in [-0.2, -0.15) is 0 Å². The predicted molar refractivity (Wildman–Crippen MR) is 80.4 cm³/mol. The molecule has 0 radical (unpaired) electrons. The third-order valence-electron chi connectivity index (χ3n) is 3.06. The van der Waals surface area contributed by atoms with Crippen LogP contribution in [0.4, 0.5) is 4.39 Å². The SMILES string of the molecule is O=C(N[C@H](Cc1ccc(Cl)cc1)C(=O)O)c1ccc(F)cc1. The van der Waals surface area contributed by atoms with Gasteiger partial charge in [0.1, 0.15) is 11.9 Å². The molecule has 1 atom stereocenters. The van der Waals surface area contributed by atoms with E-state index in [1.807, 2.05) is 0 Å². The number of carboxylic acids is 1. The van der Waals surface area contributed by atoms with E-state index in [4.69, 9.17) is 11.6 Å². The van der Waals surface area contributed by atoms with Gasteiger partial charge in [-0.05, 0) is 42.0 Å². The third kappa shape index (κ3) is 4.30. The molecule has 22 heavy (non-hydrogen) atoms. The minimum atomic E-state index is -1.15. The van der Waals surface area contributed by atoms with Crippen LogP contribution in [-0.4, -0.2) is 23.0 Å². The Hall–Kier alpha value is -2.40. The maximum atomic E-state index is 12.8. The highest BCUT2D eigenvalue weighted by Crippen LogP contribution is 2.12. The normalized spacial score (nSPS) is 11.7. The molecule has 0 heterocycles. The van der Waals surface area contributed by atoms with Crippen molar-refractivity contribution in [3.63, 3.8) is 0 Å². The number of benzene rings is 2. The molecule has 6 heteroatoms. The molecule has 1 amide bonds. The fraction of sp³-hybridized carbons (Fsp3) is 0.125. The Morgan fingerprint density at radius 2 is 1.68 bits per heavy atom. The first-order valence-corrected chi connectivity index (χ1v) is 6.87. The van der Waals surface area contributed by atoms with Gasteiger partial charge in [-0.25, -0.2) is 9.18 Å². The number of amides is 1. The van der Waals surface area contributed by atoms with Crippen LogP contribution in [0.3, 0.4) is 0 Å². The number of carboxylic acid groups (broad SMARTS) is 1. The summed E-state index contributed by atoms with van der Waals surface area (Å²) < 4.78 is 12.8. The first kappa shape index (κ1) is 16.0. The number of halogens is 2. The van der Waals surface area contributed by atoms with E-state index in [2.05, 4.69) is 5.32 Å². The summed E-state index contributed by atoms with van der Waals surface area (Å²) in [7, 11) is 0. The lowest BCUT2D eigenvalue weighted by Gasteiger charge is -2.14. The zero-order chi connectivity index (χ0) is 16.1. The topological polar surface area (TPSA) is 66.4 Å². The molecule has 0 aliphatic rings. The van der Waals surface area contributed by atoms with Crippen LogP contribution in [0, 0.1) is 5.82 Å². The Kier molecular flexibility index (Phi) is 5.12. The average Bonchev–Trinajstić information content (AvgIpc) is 2.49. The van der Waals surface area contributed by atoms with Gasteiger partial charge < -0.3 is 10.4 Å². The Balaban J connectivity index is 2.08. The van der Waals surface area contributed by atoms with E-state index in [0.29, 0.717) is 5.02 Å². The van der Waals surface area contributed by atoms with Crippen molar-refractivity contribution in [2.24, 2.45) is 0 Å². The summed E-state index contributed by atoms with van der Waals surface area (Å²) in [5, 5.41) is 12.2. The van der Waals surface area contributed by atoms with Crippen molar-refractivity contribution >= 4 is 23.5 Å². The molecule has 2 aromatic rings. The molecular weight excluding hydrogens is 309 g/mol. The fourth-order valence-corrected chi connectivity index (χ4v) is 2.03. The van der Waals surface area contributed by atoms with Gasteiger partial charge in [0, 0.05) is 17.0 Å². The molecule has 2 N–H and O–H groups in total. The van der Waals surface area contributed by atoms with Crippen LogP contribution in [0.15, 0.2) is 48.5 Å². The van der Waals surface area contributed by atoms with Crippen LogP contribution >= 0.6 is 11.6 Å². The fourth-order valence-electron chi connectivity index (χ4n) is 1.90. The van der Waals surface area contributed by atoms with Crippen LogP contribution in [0.5, 0.6) is 0 Å². The molecule has 0 unspecified atom stereocenters. The monoisotopic (exact) mass is 321 g/mol. The van der Waals surface area contributed by atoms with Crippen molar-refractivity contribution in [1.29, 1.82) is 0 Å². The van der Waals surface area contributed by atoms with Crippen molar-refractivity contribution < 1.29 is 19.1 Å². The van der Waals surface area contributed by atoms with Crippen molar-refractivity contribution in [3.8, 4) is 0 Å². The second-order valence-corrected chi connectivity index (χ2v) is 5.14. The zero-order valence-electron chi connectivity index (χ0n) is 11.4. The molecule has 4 nitrogen and oxygen atoms in total. The number of rotatable bonds is 5. The quantitative estimate of drug-likeness (QED) is 0.890. The van der Waals surface area contributed by atoms with E-state index >= 15 is 0 Å². The average molecular weight is 322 g/mol. The van der Waals surface area contributed by atoms with Gasteiger partial charge in [0.2, 0.25) is 0 Å². The van der Waals surface area contributed by atoms with Gasteiger partial charge in [0.05, 0.1) is 0 Å². The molecule has 0 fully saturated rings. The third-order valence-corrected chi connectivity index (χ3v) is 3.31. The largest absolute Gasteiger partial charge is 0.480 e. The number of hydrogen-bond donors (Lipinski definition) is 2. The van der Waals surface area contributed by atoms with Crippen LogP contribution in [-0.2, 0) is 11.2 Å². The Labute approximate surface area is 131 Å². The summed E-state index contributed by atoms with van der Waals surface area (Å²) in [6, 6.07) is 10.5. The second kappa shape index (κ2) is 7.04. The lowest BCUT2D eigenvalue weighted by atomic mass is 10.1. The molecule has 0 bridgehead atoms. The van der Waals surface area contributed by atoms with Crippen molar-refractivity contribution in [2.75, 3.05) is 0 Å². The van der Waals surface area contributed by atoms with Gasteiger partial charge in [-0.3, -0.25) is 4.79 Å². The van der Waals surface area contributed by atoms with Crippen LogP contribution in [0.2, 0.25) is 5.02 Å². The maximum Gasteiger partial charge on any atom is 0.326 e. The first-order valence-electron chi connectivity index (χ1n) is 6.49. The summed E-state index contributed by atoms with van der Waals surface area (Å²) >= 11 is 5.77. The Morgan fingerprint density at radius 3 is 2.23 bits per heavy atom. The molecule has 0 aromatic heterocycles. The Bertz CT molecular complexity index is 671. The van der Waals surface area contributed by atoms with Crippen molar-refractivity contribution in [2.45, 2.75) is 12.5 Å². The van der Waals surface area contributed by atoms with E-state index in [9.17, 15) is 19.1 Å². The molecule has 114 valence electrons. The smallest absolute Gasteiger partial charge is 0.326 e. The molecular formula is C16H13ClFNO3. The molecule has 0 aliphatic carbocycles. The number of aliphatic carboxylic acids is 1. The molecule has 0 spiro atoms. The number of carbonyl (C=O) groups is 2. The summed E-state index contributed by atoms with van der Waals surface area (Å²) in [5.41, 5.74) is 0.931. The van der Waals surface area contributed by atoms with Gasteiger partial charge in [-0.1, -0.05) is 23.7 Å². The first-order chi connectivity index (χ1) is 10.5. The molecule has 0 saturated carbocycles. The van der Waals surface area contributed by atoms with E-state index < -0.39 is 23.7 Å². The highest BCUT2D eigenvalue weighted by molar-refractivity contribution is 6.30. The van der Waals surface area contributed by atoms with Gasteiger partial charge in [0.15, 0.2) is 0 Å². The van der Waals surface area contributed by atoms with Crippen molar-refractivity contribution in [3.05, 3.63) is 70.5 Å². The Morgan fingerprint density at radius 1 is 1.09 bits per heavy atom. The summed E-state index contributed by atoms with van der Waals surface area (Å²) in [6.45, 7) is 0. The molecule has 0 saturated heterocycles. The minimum Gasteiger partial charge on any atom is -0.480 e. The second-order valence-electron chi connectivity index (χ2n) is 4.70. The number of nitrogens with one attached hydrogen (secondary N) is 1. The van der Waals surface area contributed by atoms with Crippen LogP contribution in [0.1, 0.15) is 15.9 Å². The van der Waals surface area contributed by atoms with Crippen LogP contribution < -0.4 is 5.32 Å². The van der Waals surface area contributed by atoms with E-state index in [1.165, 1.54) is 12.1 Å². The zero-order valence-corrected chi connectivity index (χ0v) is 12.2. The summed E-state index contributed by atoms with van der Waals surface area (Å²) in [4.78, 5) is 23.3. The number of carbonyl (C=O) groups excluding carboxylic acids is 1. The van der Waals surface area contributed by atoms with Crippen LogP contribution in [0.25, 0.3) is 0 Å². The minimum absolute atomic E-state index is 0.124. The lowest BCUT2D eigenvalue weighted by molar-refractivity contribution is -0.139. The maximum absolute atomic E-state index is 12.8. The highest BCUT2D eigenvalue weighted by atomic mass is 35.5. The number of hydrogen-bond acceptors (Lipinski definition) is 2. The molecule has 2 rings (SSSR count). The van der Waals surface area contributed by atoms with Gasteiger partial charge >= 0.3 is 5.97 Å². The van der Waals surface area contributed by atoms with E-state index in [0.717, 1.165) is 17.7 Å². The lowest BCUT2D eigenvalue weighted by Crippen LogP contribution is -2.42.